The van der Waals surface area contributed by atoms with E-state index in [1.807, 2.05) is 17.0 Å². The third kappa shape index (κ3) is 3.82. The smallest absolute Gasteiger partial charge is 0.261 e. The van der Waals surface area contributed by atoms with Gasteiger partial charge >= 0.3 is 0 Å². The van der Waals surface area contributed by atoms with Crippen LogP contribution in [0.1, 0.15) is 42.0 Å². The summed E-state index contributed by atoms with van der Waals surface area (Å²) in [5, 5.41) is 2.85. The number of amides is 2. The van der Waals surface area contributed by atoms with Crippen molar-refractivity contribution in [3.8, 4) is 5.75 Å². The molecule has 1 fully saturated rings. The van der Waals surface area contributed by atoms with Crippen LogP contribution in [0.4, 0.5) is 5.69 Å². The van der Waals surface area contributed by atoms with Crippen LogP contribution in [-0.4, -0.2) is 29.9 Å². The number of nitrogens with one attached hydrogen (secondary N) is 1. The van der Waals surface area contributed by atoms with Gasteiger partial charge in [0.1, 0.15) is 5.75 Å². The highest BCUT2D eigenvalue weighted by molar-refractivity contribution is 5.94. The number of fused-ring (bicyclic) bond motifs is 1. The molecule has 0 aromatic heterocycles. The number of hydrogen-bond donors (Lipinski definition) is 1. The third-order valence-corrected chi connectivity index (χ3v) is 5.37. The number of rotatable bonds is 4. The SMILES string of the molecule is Cc1ccc(C2CCCN2C(=O)COc2ccc3c(c2)CCC(=O)N3)cc1. The lowest BCUT2D eigenvalue weighted by molar-refractivity contribution is -0.134. The Morgan fingerprint density at radius 1 is 1.19 bits per heavy atom. The van der Waals surface area contributed by atoms with Gasteiger partial charge in [-0.25, -0.2) is 0 Å². The number of carbonyl (C=O) groups excluding carboxylic acids is 2. The van der Waals surface area contributed by atoms with E-state index in [4.69, 9.17) is 4.74 Å². The van der Waals surface area contributed by atoms with Crippen LogP contribution in [0.2, 0.25) is 0 Å². The monoisotopic (exact) mass is 364 g/mol. The van der Waals surface area contributed by atoms with Crippen LogP contribution in [0.3, 0.4) is 0 Å². The summed E-state index contributed by atoms with van der Waals surface area (Å²) >= 11 is 0. The number of carbonyl (C=O) groups is 2. The predicted molar refractivity (Wildman–Crippen MR) is 104 cm³/mol. The summed E-state index contributed by atoms with van der Waals surface area (Å²) in [4.78, 5) is 26.1. The molecule has 2 heterocycles. The number of benzene rings is 2. The fourth-order valence-electron chi connectivity index (χ4n) is 3.88. The molecule has 0 radical (unpaired) electrons. The topological polar surface area (TPSA) is 58.6 Å². The second-order valence-corrected chi connectivity index (χ2v) is 7.31. The summed E-state index contributed by atoms with van der Waals surface area (Å²) in [6.45, 7) is 2.88. The van der Waals surface area contributed by atoms with Crippen molar-refractivity contribution < 1.29 is 14.3 Å². The maximum absolute atomic E-state index is 12.7. The van der Waals surface area contributed by atoms with Crippen molar-refractivity contribution in [3.05, 3.63) is 59.2 Å². The summed E-state index contributed by atoms with van der Waals surface area (Å²) in [5.41, 5.74) is 4.31. The molecular weight excluding hydrogens is 340 g/mol. The van der Waals surface area contributed by atoms with Crippen molar-refractivity contribution in [2.75, 3.05) is 18.5 Å². The van der Waals surface area contributed by atoms with Gasteiger partial charge in [0.05, 0.1) is 6.04 Å². The lowest BCUT2D eigenvalue weighted by Crippen LogP contribution is -2.34. The van der Waals surface area contributed by atoms with Gasteiger partial charge in [0.25, 0.3) is 5.91 Å². The second-order valence-electron chi connectivity index (χ2n) is 7.31. The zero-order chi connectivity index (χ0) is 18.8. The lowest BCUT2D eigenvalue weighted by Gasteiger charge is -2.25. The fraction of sp³-hybridized carbons (Fsp3) is 0.364. The van der Waals surface area contributed by atoms with Gasteiger partial charge < -0.3 is 15.0 Å². The van der Waals surface area contributed by atoms with Crippen LogP contribution in [0.25, 0.3) is 0 Å². The van der Waals surface area contributed by atoms with Gasteiger partial charge in [-0.3, -0.25) is 9.59 Å². The van der Waals surface area contributed by atoms with E-state index in [9.17, 15) is 9.59 Å². The number of nitrogens with zero attached hydrogens (tertiary/aromatic N) is 1. The van der Waals surface area contributed by atoms with Crippen LogP contribution in [0, 0.1) is 6.92 Å². The highest BCUT2D eigenvalue weighted by Gasteiger charge is 2.30. The third-order valence-electron chi connectivity index (χ3n) is 5.37. The molecule has 1 atom stereocenters. The molecule has 5 heteroatoms. The molecule has 0 aliphatic carbocycles. The maximum Gasteiger partial charge on any atom is 0.261 e. The van der Waals surface area contributed by atoms with E-state index in [0.29, 0.717) is 18.6 Å². The largest absolute Gasteiger partial charge is 0.484 e. The standard InChI is InChI=1S/C22H24N2O3/c1-15-4-6-16(7-5-15)20-3-2-12-24(20)22(26)14-27-18-9-10-19-17(13-18)8-11-21(25)23-19/h4-7,9-10,13,20H,2-3,8,11-12,14H2,1H3,(H,23,25). The highest BCUT2D eigenvalue weighted by atomic mass is 16.5. The summed E-state index contributed by atoms with van der Waals surface area (Å²) in [6.07, 6.45) is 3.20. The van der Waals surface area contributed by atoms with Gasteiger partial charge in [-0.2, -0.15) is 0 Å². The summed E-state index contributed by atoms with van der Waals surface area (Å²) in [7, 11) is 0. The zero-order valence-electron chi connectivity index (χ0n) is 15.5. The van der Waals surface area contributed by atoms with Crippen molar-refractivity contribution >= 4 is 17.5 Å². The maximum atomic E-state index is 12.7. The van der Waals surface area contributed by atoms with Crippen LogP contribution >= 0.6 is 0 Å². The molecule has 2 aliphatic heterocycles. The Kier molecular flexibility index (Phi) is 4.84. The van der Waals surface area contributed by atoms with Gasteiger partial charge in [0.2, 0.25) is 5.91 Å². The van der Waals surface area contributed by atoms with Crippen LogP contribution < -0.4 is 10.1 Å². The average molecular weight is 364 g/mol. The van der Waals surface area contributed by atoms with Gasteiger partial charge in [0, 0.05) is 18.7 Å². The van der Waals surface area contributed by atoms with Gasteiger partial charge in [-0.15, -0.1) is 0 Å². The normalized spacial score (nSPS) is 18.8. The van der Waals surface area contributed by atoms with Gasteiger partial charge in [0.15, 0.2) is 6.61 Å². The molecule has 5 nitrogen and oxygen atoms in total. The molecule has 0 bridgehead atoms. The molecule has 1 N–H and O–H groups in total. The van der Waals surface area contributed by atoms with E-state index >= 15 is 0 Å². The Labute approximate surface area is 159 Å². The molecule has 2 aromatic rings. The molecule has 1 saturated heterocycles. The Morgan fingerprint density at radius 2 is 2.00 bits per heavy atom. The van der Waals surface area contributed by atoms with Crippen molar-refractivity contribution in [2.24, 2.45) is 0 Å². The second kappa shape index (κ2) is 7.43. The first-order valence-electron chi connectivity index (χ1n) is 9.52. The lowest BCUT2D eigenvalue weighted by atomic mass is 10.0. The number of likely N-dealkylation sites (tertiary alicyclic amines) is 1. The Morgan fingerprint density at radius 3 is 2.81 bits per heavy atom. The molecule has 0 spiro atoms. The number of ether oxygens (including phenoxy) is 1. The van der Waals surface area contributed by atoms with E-state index in [-0.39, 0.29) is 24.5 Å². The first-order valence-corrected chi connectivity index (χ1v) is 9.52. The van der Waals surface area contributed by atoms with Crippen LogP contribution in [-0.2, 0) is 16.0 Å². The van der Waals surface area contributed by atoms with Crippen LogP contribution in [0.5, 0.6) is 5.75 Å². The number of anilines is 1. The van der Waals surface area contributed by atoms with Crippen LogP contribution in [0.15, 0.2) is 42.5 Å². The van der Waals surface area contributed by atoms with Gasteiger partial charge in [-0.05, 0) is 55.5 Å². The fourth-order valence-corrected chi connectivity index (χ4v) is 3.88. The minimum absolute atomic E-state index is 0.0177. The Balaban J connectivity index is 1.40. The average Bonchev–Trinajstić information content (AvgIpc) is 3.16. The summed E-state index contributed by atoms with van der Waals surface area (Å²) < 4.78 is 5.77. The predicted octanol–water partition coefficient (Wildman–Crippen LogP) is 3.62. The number of hydrogen-bond acceptors (Lipinski definition) is 3. The van der Waals surface area contributed by atoms with E-state index in [2.05, 4.69) is 36.5 Å². The molecule has 0 saturated carbocycles. The summed E-state index contributed by atoms with van der Waals surface area (Å²) in [5.74, 6) is 0.732. The molecular formula is C22H24N2O3. The van der Waals surface area contributed by atoms with Crippen molar-refractivity contribution in [1.82, 2.24) is 4.90 Å². The molecule has 140 valence electrons. The van der Waals surface area contributed by atoms with Crippen molar-refractivity contribution in [1.29, 1.82) is 0 Å². The van der Waals surface area contributed by atoms with Gasteiger partial charge in [-0.1, -0.05) is 29.8 Å². The van der Waals surface area contributed by atoms with E-state index < -0.39 is 0 Å². The first kappa shape index (κ1) is 17.6. The van der Waals surface area contributed by atoms with Crippen molar-refractivity contribution in [3.63, 3.8) is 0 Å². The molecule has 2 amide bonds. The zero-order valence-corrected chi connectivity index (χ0v) is 15.5. The molecule has 2 aliphatic rings. The van der Waals surface area contributed by atoms with E-state index in [1.54, 1.807) is 6.07 Å². The Hall–Kier alpha value is -2.82. The first-order chi connectivity index (χ1) is 13.1. The highest BCUT2D eigenvalue weighted by Crippen LogP contribution is 2.32. The minimum Gasteiger partial charge on any atom is -0.484 e. The summed E-state index contributed by atoms with van der Waals surface area (Å²) in [6, 6.07) is 14.1. The quantitative estimate of drug-likeness (QED) is 0.901. The minimum atomic E-state index is 0.0177. The van der Waals surface area contributed by atoms with Crippen molar-refractivity contribution in [2.45, 2.75) is 38.6 Å². The molecule has 2 aromatic carbocycles. The molecule has 27 heavy (non-hydrogen) atoms. The molecule has 1 unspecified atom stereocenters. The number of aryl methyl sites for hydroxylation is 2. The van der Waals surface area contributed by atoms with E-state index in [0.717, 1.165) is 30.6 Å². The van der Waals surface area contributed by atoms with E-state index in [1.165, 1.54) is 11.1 Å². The molecule has 4 rings (SSSR count). The Bertz CT molecular complexity index is 860.